The molecular weight excluding hydrogens is 295 g/mol. The molecule has 0 aliphatic carbocycles. The van der Waals surface area contributed by atoms with Crippen molar-refractivity contribution in [3.8, 4) is 0 Å². The molecule has 0 radical (unpaired) electrons. The molecule has 0 spiro atoms. The van der Waals surface area contributed by atoms with Crippen LogP contribution in [0.3, 0.4) is 0 Å². The summed E-state index contributed by atoms with van der Waals surface area (Å²) >= 11 is 11.3. The zero-order valence-corrected chi connectivity index (χ0v) is 11.4. The second-order valence-electron chi connectivity index (χ2n) is 3.57. The van der Waals surface area contributed by atoms with E-state index in [2.05, 4.69) is 9.97 Å². The first-order chi connectivity index (χ1) is 8.47. The number of rotatable bonds is 3. The molecule has 0 atom stereocenters. The van der Waals surface area contributed by atoms with Gasteiger partial charge in [0, 0.05) is 5.02 Å². The van der Waals surface area contributed by atoms with Gasteiger partial charge < -0.3 is 0 Å². The molecule has 0 saturated heterocycles. The average Bonchev–Trinajstić information content (AvgIpc) is 2.32. The third-order valence-electron chi connectivity index (χ3n) is 2.14. The Morgan fingerprint density at radius 3 is 2.06 bits per heavy atom. The topological polar surface area (TPSA) is 59.9 Å². The van der Waals surface area contributed by atoms with Crippen molar-refractivity contribution in [3.05, 3.63) is 52.3 Å². The molecule has 1 heterocycles. The van der Waals surface area contributed by atoms with E-state index in [1.165, 1.54) is 12.4 Å². The highest BCUT2D eigenvalue weighted by atomic mass is 35.5. The molecule has 0 saturated carbocycles. The Bertz CT molecular complexity index is 640. The first kappa shape index (κ1) is 13.3. The van der Waals surface area contributed by atoms with E-state index in [-0.39, 0.29) is 10.9 Å². The third kappa shape index (κ3) is 3.19. The minimum atomic E-state index is -3.57. The van der Waals surface area contributed by atoms with Crippen LogP contribution in [0.15, 0.2) is 41.8 Å². The predicted octanol–water partition coefficient (Wildman–Crippen LogP) is 2.76. The number of nitrogens with zero attached hydrogens (tertiary/aromatic N) is 2. The van der Waals surface area contributed by atoms with Gasteiger partial charge in [-0.05, 0) is 17.7 Å². The summed E-state index contributed by atoms with van der Waals surface area (Å²) in [5.41, 5.74) is 0.623. The highest BCUT2D eigenvalue weighted by Crippen LogP contribution is 2.16. The van der Waals surface area contributed by atoms with Crippen molar-refractivity contribution in [2.45, 2.75) is 10.9 Å². The van der Waals surface area contributed by atoms with Gasteiger partial charge in [-0.2, -0.15) is 0 Å². The summed E-state index contributed by atoms with van der Waals surface area (Å²) in [4.78, 5) is 7.41. The number of aromatic nitrogens is 2. The van der Waals surface area contributed by atoms with Crippen LogP contribution in [0, 0.1) is 0 Å². The van der Waals surface area contributed by atoms with E-state index < -0.39 is 9.84 Å². The van der Waals surface area contributed by atoms with Crippen molar-refractivity contribution < 1.29 is 8.42 Å². The van der Waals surface area contributed by atoms with Gasteiger partial charge in [0.25, 0.3) is 0 Å². The SMILES string of the molecule is O=S(=O)(Cc1ccc(Cl)cc1)c1ncc(Cl)cn1. The van der Waals surface area contributed by atoms with Crippen LogP contribution in [0.2, 0.25) is 10.0 Å². The molecule has 7 heteroatoms. The summed E-state index contributed by atoms with van der Waals surface area (Å²) in [7, 11) is -3.57. The molecule has 0 unspecified atom stereocenters. The van der Waals surface area contributed by atoms with Gasteiger partial charge >= 0.3 is 0 Å². The molecular formula is C11H8Cl2N2O2S. The highest BCUT2D eigenvalue weighted by molar-refractivity contribution is 7.90. The Hall–Kier alpha value is -1.17. The maximum absolute atomic E-state index is 12.0. The fraction of sp³-hybridized carbons (Fsp3) is 0.0909. The summed E-state index contributed by atoms with van der Waals surface area (Å²) < 4.78 is 24.0. The van der Waals surface area contributed by atoms with Gasteiger partial charge in [-0.25, -0.2) is 18.4 Å². The number of halogens is 2. The summed E-state index contributed by atoms with van der Waals surface area (Å²) in [6.45, 7) is 0. The average molecular weight is 303 g/mol. The molecule has 0 fully saturated rings. The molecule has 2 rings (SSSR count). The van der Waals surface area contributed by atoms with Crippen LogP contribution < -0.4 is 0 Å². The standard InChI is InChI=1S/C11H8Cl2N2O2S/c12-9-3-1-8(2-4-9)7-18(16,17)11-14-5-10(13)6-15-11/h1-6H,7H2. The quantitative estimate of drug-likeness (QED) is 0.818. The van der Waals surface area contributed by atoms with Gasteiger partial charge in [0.2, 0.25) is 15.0 Å². The van der Waals surface area contributed by atoms with Crippen molar-refractivity contribution in [3.63, 3.8) is 0 Å². The smallest absolute Gasteiger partial charge is 0.225 e. The number of hydrogen-bond acceptors (Lipinski definition) is 4. The Kier molecular flexibility index (Phi) is 3.85. The number of hydrogen-bond donors (Lipinski definition) is 0. The van der Waals surface area contributed by atoms with Gasteiger partial charge in [0.15, 0.2) is 0 Å². The minimum absolute atomic E-state index is 0.175. The number of sulfone groups is 1. The van der Waals surface area contributed by atoms with Crippen molar-refractivity contribution in [2.24, 2.45) is 0 Å². The molecule has 1 aromatic heterocycles. The molecule has 0 amide bonds. The van der Waals surface area contributed by atoms with Crippen LogP contribution in [0.5, 0.6) is 0 Å². The van der Waals surface area contributed by atoms with E-state index in [9.17, 15) is 8.42 Å². The van der Waals surface area contributed by atoms with Crippen molar-refractivity contribution in [2.75, 3.05) is 0 Å². The molecule has 0 bridgehead atoms. The van der Waals surface area contributed by atoms with Gasteiger partial charge in [0.05, 0.1) is 23.2 Å². The van der Waals surface area contributed by atoms with Crippen LogP contribution in [0.25, 0.3) is 0 Å². The largest absolute Gasteiger partial charge is 0.247 e. The van der Waals surface area contributed by atoms with Crippen molar-refractivity contribution in [1.29, 1.82) is 0 Å². The van der Waals surface area contributed by atoms with E-state index in [0.717, 1.165) is 0 Å². The van der Waals surface area contributed by atoms with E-state index in [4.69, 9.17) is 23.2 Å². The molecule has 0 aliphatic rings. The van der Waals surface area contributed by atoms with Crippen LogP contribution in [-0.2, 0) is 15.6 Å². The first-order valence-corrected chi connectivity index (χ1v) is 7.33. The van der Waals surface area contributed by atoms with Crippen molar-refractivity contribution >= 4 is 33.0 Å². The van der Waals surface area contributed by atoms with Gasteiger partial charge in [-0.3, -0.25) is 0 Å². The van der Waals surface area contributed by atoms with Crippen LogP contribution in [-0.4, -0.2) is 18.4 Å². The zero-order valence-electron chi connectivity index (χ0n) is 9.05. The summed E-state index contributed by atoms with van der Waals surface area (Å²) in [5, 5.41) is 0.612. The lowest BCUT2D eigenvalue weighted by atomic mass is 10.2. The molecule has 0 aliphatic heterocycles. The Balaban J connectivity index is 2.27. The summed E-state index contributed by atoms with van der Waals surface area (Å²) in [6.07, 6.45) is 2.51. The normalized spacial score (nSPS) is 11.4. The van der Waals surface area contributed by atoms with Gasteiger partial charge in [-0.15, -0.1) is 0 Å². The van der Waals surface area contributed by atoms with Gasteiger partial charge in [-0.1, -0.05) is 35.3 Å². The minimum Gasteiger partial charge on any atom is -0.225 e. The fourth-order valence-corrected chi connectivity index (χ4v) is 2.74. The monoisotopic (exact) mass is 302 g/mol. The predicted molar refractivity (Wildman–Crippen MR) is 69.4 cm³/mol. The first-order valence-electron chi connectivity index (χ1n) is 4.92. The zero-order chi connectivity index (χ0) is 13.2. The van der Waals surface area contributed by atoms with E-state index in [1.807, 2.05) is 0 Å². The van der Waals surface area contributed by atoms with E-state index >= 15 is 0 Å². The fourth-order valence-electron chi connectivity index (χ4n) is 1.33. The Morgan fingerprint density at radius 2 is 1.50 bits per heavy atom. The van der Waals surface area contributed by atoms with E-state index in [0.29, 0.717) is 15.6 Å². The lowest BCUT2D eigenvalue weighted by molar-refractivity contribution is 0.586. The third-order valence-corrected chi connectivity index (χ3v) is 4.07. The Morgan fingerprint density at radius 1 is 0.944 bits per heavy atom. The summed E-state index contributed by atoms with van der Waals surface area (Å²) in [5.74, 6) is -0.175. The molecule has 2 aromatic rings. The Labute approximate surface area is 115 Å². The molecule has 18 heavy (non-hydrogen) atoms. The molecule has 94 valence electrons. The van der Waals surface area contributed by atoms with Crippen LogP contribution in [0.1, 0.15) is 5.56 Å². The van der Waals surface area contributed by atoms with Crippen molar-refractivity contribution in [1.82, 2.24) is 9.97 Å². The lowest BCUT2D eigenvalue weighted by Gasteiger charge is -2.03. The molecule has 4 nitrogen and oxygen atoms in total. The molecule has 1 aromatic carbocycles. The number of benzene rings is 1. The van der Waals surface area contributed by atoms with Crippen LogP contribution >= 0.6 is 23.2 Å². The van der Waals surface area contributed by atoms with E-state index in [1.54, 1.807) is 24.3 Å². The lowest BCUT2D eigenvalue weighted by Crippen LogP contribution is -2.09. The maximum Gasteiger partial charge on any atom is 0.247 e. The van der Waals surface area contributed by atoms with Crippen LogP contribution in [0.4, 0.5) is 0 Å². The molecule has 0 N–H and O–H groups in total. The highest BCUT2D eigenvalue weighted by Gasteiger charge is 2.18. The maximum atomic E-state index is 12.0. The second-order valence-corrected chi connectivity index (χ2v) is 6.33. The second kappa shape index (κ2) is 5.22. The summed E-state index contributed by atoms with van der Waals surface area (Å²) in [6, 6.07) is 6.57. The van der Waals surface area contributed by atoms with Gasteiger partial charge in [0.1, 0.15) is 0 Å².